The van der Waals surface area contributed by atoms with E-state index in [2.05, 4.69) is 19.8 Å². The number of fused-ring (bicyclic) bond motifs is 1. The average Bonchev–Trinajstić information content (AvgIpc) is 3.49. The highest BCUT2D eigenvalue weighted by Crippen LogP contribution is 2.35. The second-order valence-corrected chi connectivity index (χ2v) is 10.1. The molecule has 2 saturated heterocycles. The van der Waals surface area contributed by atoms with E-state index in [1.807, 2.05) is 0 Å². The van der Waals surface area contributed by atoms with Crippen molar-refractivity contribution in [3.8, 4) is 0 Å². The zero-order chi connectivity index (χ0) is 26.5. The maximum absolute atomic E-state index is 14.8. The second-order valence-electron chi connectivity index (χ2n) is 9.07. The lowest BCUT2D eigenvalue weighted by atomic mass is 9.94. The number of thiazole rings is 1. The number of nitrogens with zero attached hydrogens (tertiary/aromatic N) is 6. The number of amides is 2. The molecule has 0 spiro atoms. The van der Waals surface area contributed by atoms with E-state index in [0.29, 0.717) is 59.4 Å². The van der Waals surface area contributed by atoms with Gasteiger partial charge in [-0.3, -0.25) is 24.0 Å². The normalized spacial score (nSPS) is 18.6. The van der Waals surface area contributed by atoms with E-state index in [0.717, 1.165) is 17.5 Å². The molecule has 2 aliphatic rings. The molecule has 1 atom stereocenters. The summed E-state index contributed by atoms with van der Waals surface area (Å²) in [6.07, 6.45) is -1.40. The molecule has 3 aromatic heterocycles. The molecule has 0 aliphatic carbocycles. The van der Waals surface area contributed by atoms with Crippen LogP contribution in [-0.2, 0) is 16.1 Å². The summed E-state index contributed by atoms with van der Waals surface area (Å²) in [6, 6.07) is -0.708. The molecule has 5 rings (SSSR count). The Bertz CT molecular complexity index is 1350. The number of pyridine rings is 1. The third kappa shape index (κ3) is 4.97. The summed E-state index contributed by atoms with van der Waals surface area (Å²) in [6.45, 7) is 1.64. The first-order chi connectivity index (χ1) is 17.5. The summed E-state index contributed by atoms with van der Waals surface area (Å²) in [5.41, 5.74) is 6.93. The number of likely N-dealkylation sites (tertiary alicyclic amines) is 2. The lowest BCUT2D eigenvalue weighted by molar-refractivity contribution is -0.327. The Labute approximate surface area is 212 Å². The van der Waals surface area contributed by atoms with Crippen LogP contribution in [0.1, 0.15) is 39.8 Å². The average molecular weight is 542 g/mol. The molecule has 2 amide bonds. The molecule has 2 aliphatic heterocycles. The van der Waals surface area contributed by atoms with Gasteiger partial charge >= 0.3 is 6.36 Å². The smallest absolute Gasteiger partial charge is 0.375 e. The number of rotatable bonds is 6. The highest BCUT2D eigenvalue weighted by Gasteiger charge is 2.38. The van der Waals surface area contributed by atoms with E-state index in [1.165, 1.54) is 15.8 Å². The summed E-state index contributed by atoms with van der Waals surface area (Å²) >= 11 is 1.10. The van der Waals surface area contributed by atoms with Gasteiger partial charge in [-0.05, 0) is 19.8 Å². The van der Waals surface area contributed by atoms with Crippen molar-refractivity contribution in [1.29, 1.82) is 0 Å². The predicted octanol–water partition coefficient (Wildman–Crippen LogP) is 2.68. The molecule has 2 fully saturated rings. The fourth-order valence-corrected chi connectivity index (χ4v) is 5.64. The molecule has 5 heterocycles. The number of nitrogen functional groups attached to an aromatic ring is 1. The van der Waals surface area contributed by atoms with Crippen LogP contribution in [0, 0.1) is 12.7 Å². The van der Waals surface area contributed by atoms with Gasteiger partial charge in [-0.2, -0.15) is 5.10 Å². The molecule has 198 valence electrons. The van der Waals surface area contributed by atoms with Gasteiger partial charge in [0.05, 0.1) is 47.3 Å². The Kier molecular flexibility index (Phi) is 6.52. The van der Waals surface area contributed by atoms with Gasteiger partial charge < -0.3 is 15.5 Å². The minimum absolute atomic E-state index is 0.205. The zero-order valence-corrected chi connectivity index (χ0v) is 20.5. The van der Waals surface area contributed by atoms with E-state index >= 15 is 0 Å². The number of anilines is 1. The van der Waals surface area contributed by atoms with Gasteiger partial charge in [-0.1, -0.05) is 11.3 Å². The van der Waals surface area contributed by atoms with Crippen LogP contribution in [-0.4, -0.2) is 80.0 Å². The Morgan fingerprint density at radius 1 is 1.27 bits per heavy atom. The zero-order valence-electron chi connectivity index (χ0n) is 19.7. The molecule has 15 heteroatoms. The molecule has 0 radical (unpaired) electrons. The Hall–Kier alpha value is -3.33. The first-order valence-corrected chi connectivity index (χ1v) is 12.4. The maximum atomic E-state index is 14.8. The van der Waals surface area contributed by atoms with Crippen LogP contribution < -0.4 is 5.73 Å². The van der Waals surface area contributed by atoms with Crippen molar-refractivity contribution in [2.45, 2.75) is 44.6 Å². The number of hydrogen-bond acceptors (Lipinski definition) is 8. The number of nitrogens with two attached hydrogens (primary N) is 1. The van der Waals surface area contributed by atoms with Gasteiger partial charge in [0.25, 0.3) is 5.91 Å². The van der Waals surface area contributed by atoms with Gasteiger partial charge in [0.1, 0.15) is 11.4 Å². The summed E-state index contributed by atoms with van der Waals surface area (Å²) < 4.78 is 57.6. The third-order valence-electron chi connectivity index (χ3n) is 6.63. The summed E-state index contributed by atoms with van der Waals surface area (Å²) in [7, 11) is 0. The van der Waals surface area contributed by atoms with E-state index in [-0.39, 0.29) is 23.8 Å². The molecule has 0 aromatic carbocycles. The minimum Gasteiger partial charge on any atom is -0.375 e. The van der Waals surface area contributed by atoms with Crippen molar-refractivity contribution in [1.82, 2.24) is 29.5 Å². The Balaban J connectivity index is 1.33. The van der Waals surface area contributed by atoms with Gasteiger partial charge in [0.15, 0.2) is 10.9 Å². The van der Waals surface area contributed by atoms with E-state index < -0.39 is 30.7 Å². The minimum atomic E-state index is -4.78. The molecule has 3 aromatic rings. The Morgan fingerprint density at radius 3 is 2.70 bits per heavy atom. The van der Waals surface area contributed by atoms with Crippen molar-refractivity contribution >= 4 is 39.2 Å². The SMILES string of the molecule is Cc1nc(N)sc1C(=O)N1CC(c2nn(CC(=O)N3CCC[C@H]3COC(F)(F)F)c3cncc(F)c23)C1. The summed E-state index contributed by atoms with van der Waals surface area (Å²) in [5.74, 6) is -1.55. The van der Waals surface area contributed by atoms with E-state index in [4.69, 9.17) is 5.73 Å². The number of carbonyl (C=O) groups is 2. The molecule has 10 nitrogen and oxygen atoms in total. The van der Waals surface area contributed by atoms with Crippen LogP contribution in [0.4, 0.5) is 22.7 Å². The number of alkyl halides is 3. The molecule has 0 saturated carbocycles. The lowest BCUT2D eigenvalue weighted by Crippen LogP contribution is -2.48. The first-order valence-electron chi connectivity index (χ1n) is 11.5. The van der Waals surface area contributed by atoms with Crippen LogP contribution in [0.2, 0.25) is 0 Å². The van der Waals surface area contributed by atoms with Crippen LogP contribution in [0.3, 0.4) is 0 Å². The van der Waals surface area contributed by atoms with Crippen molar-refractivity contribution in [3.05, 3.63) is 34.5 Å². The first kappa shape index (κ1) is 25.3. The predicted molar refractivity (Wildman–Crippen MR) is 124 cm³/mol. The number of carbonyl (C=O) groups excluding carboxylic acids is 2. The monoisotopic (exact) mass is 541 g/mol. The van der Waals surface area contributed by atoms with Crippen molar-refractivity contribution in [3.63, 3.8) is 0 Å². The summed E-state index contributed by atoms with van der Waals surface area (Å²) in [4.78, 5) is 37.2. The fourth-order valence-electron chi connectivity index (χ4n) is 4.84. The Morgan fingerprint density at radius 2 is 2.03 bits per heavy atom. The lowest BCUT2D eigenvalue weighted by Gasteiger charge is -2.38. The number of ether oxygens (including phenoxy) is 1. The molecular weight excluding hydrogens is 518 g/mol. The topological polar surface area (TPSA) is 119 Å². The van der Waals surface area contributed by atoms with Gasteiger partial charge in [0.2, 0.25) is 5.91 Å². The number of aromatic nitrogens is 4. The van der Waals surface area contributed by atoms with Gasteiger partial charge in [0, 0.05) is 25.6 Å². The van der Waals surface area contributed by atoms with Crippen LogP contribution in [0.15, 0.2) is 12.4 Å². The van der Waals surface area contributed by atoms with Crippen molar-refractivity contribution in [2.24, 2.45) is 0 Å². The van der Waals surface area contributed by atoms with Gasteiger partial charge in [-0.25, -0.2) is 9.37 Å². The highest BCUT2D eigenvalue weighted by atomic mass is 32.1. The van der Waals surface area contributed by atoms with Crippen LogP contribution in [0.5, 0.6) is 0 Å². The quantitative estimate of drug-likeness (QED) is 0.477. The number of halogens is 4. The van der Waals surface area contributed by atoms with E-state index in [9.17, 15) is 27.2 Å². The second kappa shape index (κ2) is 9.52. The van der Waals surface area contributed by atoms with Crippen molar-refractivity contribution < 1.29 is 31.9 Å². The third-order valence-corrected chi connectivity index (χ3v) is 7.60. The van der Waals surface area contributed by atoms with Crippen LogP contribution in [0.25, 0.3) is 10.9 Å². The van der Waals surface area contributed by atoms with Crippen LogP contribution >= 0.6 is 11.3 Å². The number of aryl methyl sites for hydroxylation is 1. The number of hydrogen-bond donors (Lipinski definition) is 1. The molecule has 37 heavy (non-hydrogen) atoms. The molecule has 2 N–H and O–H groups in total. The highest BCUT2D eigenvalue weighted by molar-refractivity contribution is 7.17. The van der Waals surface area contributed by atoms with E-state index in [1.54, 1.807) is 11.8 Å². The molecule has 0 bridgehead atoms. The molecular formula is C22H23F4N7O3S. The van der Waals surface area contributed by atoms with Crippen molar-refractivity contribution in [2.75, 3.05) is 32.0 Å². The van der Waals surface area contributed by atoms with Gasteiger partial charge in [-0.15, -0.1) is 13.2 Å². The fraction of sp³-hybridized carbons (Fsp3) is 0.500. The largest absolute Gasteiger partial charge is 0.522 e. The summed E-state index contributed by atoms with van der Waals surface area (Å²) in [5, 5.41) is 5.00. The molecule has 0 unspecified atom stereocenters. The standard InChI is InChI=1S/C22H23F4N7O3S/c1-11-19(37-21(27)29-11)20(35)31-7-12(8-31)18-17-14(23)5-28-6-15(17)33(30-18)9-16(34)32-4-2-3-13(32)10-36-22(24,25)26/h5-6,12-13H,2-4,7-10H2,1H3,(H2,27,29)/t13-/m0/s1. The maximum Gasteiger partial charge on any atom is 0.522 e.